The van der Waals surface area contributed by atoms with Gasteiger partial charge in [0, 0.05) is 43.0 Å². The van der Waals surface area contributed by atoms with Gasteiger partial charge in [-0.2, -0.15) is 0 Å². The standard InChI is InChI=1S/C31H36N2O6S/c1-4-30(35)32-19-9-8-14-24(20-31(36)39-21-23-12-6-5-7-13-23)28(34)22-40(37,38)29-18-11-15-25-26(29)16-10-17-27(25)33(2)3/h4-7,10-13,15-18,24H,1,8-9,14,19-22H2,2-3H3,(H,32,35)/t24-/m1/s1. The summed E-state index contributed by atoms with van der Waals surface area (Å²) in [4.78, 5) is 39.4. The van der Waals surface area contributed by atoms with Gasteiger partial charge in [0.2, 0.25) is 5.91 Å². The van der Waals surface area contributed by atoms with Gasteiger partial charge in [-0.05, 0) is 36.6 Å². The number of ketones is 1. The van der Waals surface area contributed by atoms with Crippen molar-refractivity contribution in [3.8, 4) is 0 Å². The Hall–Kier alpha value is -3.98. The minimum atomic E-state index is -4.00. The van der Waals surface area contributed by atoms with Gasteiger partial charge in [-0.1, -0.05) is 67.6 Å². The van der Waals surface area contributed by atoms with Crippen molar-refractivity contribution in [1.29, 1.82) is 0 Å². The number of hydrogen-bond donors (Lipinski definition) is 1. The number of sulfone groups is 1. The molecule has 3 rings (SSSR count). The van der Waals surface area contributed by atoms with Gasteiger partial charge in [0.1, 0.15) is 12.4 Å². The van der Waals surface area contributed by atoms with Crippen LogP contribution in [0, 0.1) is 5.92 Å². The van der Waals surface area contributed by atoms with Crippen LogP contribution in [0.15, 0.2) is 84.3 Å². The molecule has 9 heteroatoms. The lowest BCUT2D eigenvalue weighted by Gasteiger charge is -2.18. The number of ether oxygens (including phenoxy) is 1. The summed E-state index contributed by atoms with van der Waals surface area (Å²) in [5.74, 6) is -2.95. The number of benzene rings is 3. The minimum absolute atomic E-state index is 0.0662. The van der Waals surface area contributed by atoms with Crippen LogP contribution in [0.4, 0.5) is 5.69 Å². The molecule has 0 bridgehead atoms. The lowest BCUT2D eigenvalue weighted by molar-refractivity contribution is -0.147. The van der Waals surface area contributed by atoms with Crippen molar-refractivity contribution >= 4 is 44.0 Å². The van der Waals surface area contributed by atoms with Crippen molar-refractivity contribution in [3.63, 3.8) is 0 Å². The molecule has 0 unspecified atom stereocenters. The van der Waals surface area contributed by atoms with Crippen molar-refractivity contribution in [1.82, 2.24) is 5.32 Å². The molecular weight excluding hydrogens is 528 g/mol. The fourth-order valence-electron chi connectivity index (χ4n) is 4.48. The summed E-state index contributed by atoms with van der Waals surface area (Å²) in [6.07, 6.45) is 2.32. The van der Waals surface area contributed by atoms with Crippen LogP contribution < -0.4 is 10.2 Å². The molecule has 1 atom stereocenters. The Labute approximate surface area is 235 Å². The minimum Gasteiger partial charge on any atom is -0.461 e. The molecule has 0 saturated carbocycles. The van der Waals surface area contributed by atoms with Gasteiger partial charge in [0.25, 0.3) is 0 Å². The van der Waals surface area contributed by atoms with Crippen LogP contribution in [0.5, 0.6) is 0 Å². The number of amides is 1. The fraction of sp³-hybridized carbons (Fsp3) is 0.323. The molecule has 8 nitrogen and oxygen atoms in total. The molecule has 0 aromatic heterocycles. The molecule has 40 heavy (non-hydrogen) atoms. The van der Waals surface area contributed by atoms with Gasteiger partial charge in [0.15, 0.2) is 15.6 Å². The summed E-state index contributed by atoms with van der Waals surface area (Å²) < 4.78 is 32.4. The third-order valence-electron chi connectivity index (χ3n) is 6.58. The topological polar surface area (TPSA) is 110 Å². The first-order valence-electron chi connectivity index (χ1n) is 13.2. The molecule has 0 saturated heterocycles. The van der Waals surface area contributed by atoms with Crippen LogP contribution in [0.2, 0.25) is 0 Å². The summed E-state index contributed by atoms with van der Waals surface area (Å²) in [5.41, 5.74) is 1.68. The van der Waals surface area contributed by atoms with E-state index in [1.807, 2.05) is 61.5 Å². The van der Waals surface area contributed by atoms with Crippen LogP contribution >= 0.6 is 0 Å². The van der Waals surface area contributed by atoms with Gasteiger partial charge < -0.3 is 15.0 Å². The number of fused-ring (bicyclic) bond motifs is 1. The molecular formula is C31H36N2O6S. The molecule has 0 heterocycles. The Morgan fingerprint density at radius 3 is 2.35 bits per heavy atom. The van der Waals surface area contributed by atoms with Crippen molar-refractivity contribution in [3.05, 3.63) is 84.9 Å². The number of carbonyl (C=O) groups excluding carboxylic acids is 3. The molecule has 0 radical (unpaired) electrons. The average molecular weight is 565 g/mol. The number of rotatable bonds is 15. The normalized spacial score (nSPS) is 11.9. The summed E-state index contributed by atoms with van der Waals surface area (Å²) in [7, 11) is -0.245. The largest absolute Gasteiger partial charge is 0.461 e. The molecule has 0 aliphatic rings. The Bertz CT molecular complexity index is 1450. The van der Waals surface area contributed by atoms with E-state index < -0.39 is 33.3 Å². The van der Waals surface area contributed by atoms with E-state index in [0.717, 1.165) is 16.6 Å². The Kier molecular flexibility index (Phi) is 11.0. The number of nitrogens with one attached hydrogen (secondary N) is 1. The first-order chi connectivity index (χ1) is 19.1. The third-order valence-corrected chi connectivity index (χ3v) is 8.27. The molecule has 1 amide bonds. The Morgan fingerprint density at radius 1 is 0.950 bits per heavy atom. The molecule has 0 spiro atoms. The zero-order valence-corrected chi connectivity index (χ0v) is 23.8. The highest BCUT2D eigenvalue weighted by Gasteiger charge is 2.29. The van der Waals surface area contributed by atoms with Gasteiger partial charge in [0.05, 0.1) is 11.3 Å². The number of unbranched alkanes of at least 4 members (excludes halogenated alkanes) is 1. The van der Waals surface area contributed by atoms with E-state index in [2.05, 4.69) is 11.9 Å². The number of esters is 1. The van der Waals surface area contributed by atoms with E-state index in [1.54, 1.807) is 18.2 Å². The highest BCUT2D eigenvalue weighted by atomic mass is 32.2. The van der Waals surface area contributed by atoms with Crippen molar-refractivity contribution in [2.75, 3.05) is 31.3 Å². The van der Waals surface area contributed by atoms with Gasteiger partial charge in [-0.15, -0.1) is 0 Å². The maximum atomic E-state index is 13.5. The number of hydrogen-bond acceptors (Lipinski definition) is 7. The van der Waals surface area contributed by atoms with Crippen LogP contribution in [0.25, 0.3) is 10.8 Å². The lowest BCUT2D eigenvalue weighted by Crippen LogP contribution is -2.27. The zero-order valence-electron chi connectivity index (χ0n) is 23.0. The Balaban J connectivity index is 1.75. The maximum Gasteiger partial charge on any atom is 0.306 e. The monoisotopic (exact) mass is 564 g/mol. The highest BCUT2D eigenvalue weighted by molar-refractivity contribution is 7.92. The number of anilines is 1. The quantitative estimate of drug-likeness (QED) is 0.165. The van der Waals surface area contributed by atoms with E-state index in [0.29, 0.717) is 31.2 Å². The summed E-state index contributed by atoms with van der Waals surface area (Å²) >= 11 is 0. The number of nitrogens with zero attached hydrogens (tertiary/aromatic N) is 1. The summed E-state index contributed by atoms with van der Waals surface area (Å²) in [5, 5.41) is 3.98. The third kappa shape index (κ3) is 8.51. The zero-order chi connectivity index (χ0) is 29.1. The lowest BCUT2D eigenvalue weighted by atomic mass is 9.94. The number of carbonyl (C=O) groups is 3. The predicted octanol–water partition coefficient (Wildman–Crippen LogP) is 4.47. The van der Waals surface area contributed by atoms with Gasteiger partial charge in [-0.3, -0.25) is 14.4 Å². The van der Waals surface area contributed by atoms with E-state index in [-0.39, 0.29) is 23.8 Å². The maximum absolute atomic E-state index is 13.5. The first-order valence-corrected chi connectivity index (χ1v) is 14.8. The second-order valence-corrected chi connectivity index (χ2v) is 11.7. The van der Waals surface area contributed by atoms with Crippen molar-refractivity contribution < 1.29 is 27.5 Å². The Morgan fingerprint density at radius 2 is 1.65 bits per heavy atom. The predicted molar refractivity (Wildman–Crippen MR) is 157 cm³/mol. The molecule has 0 aliphatic heterocycles. The first kappa shape index (κ1) is 30.6. The molecule has 212 valence electrons. The molecule has 3 aromatic carbocycles. The molecule has 0 fully saturated rings. The number of Topliss-reactive ketones (excluding diaryl/α,β-unsaturated/α-hetero) is 1. The molecule has 0 aliphatic carbocycles. The molecule has 3 aromatic rings. The van der Waals surface area contributed by atoms with Crippen LogP contribution in [0.1, 0.15) is 31.2 Å². The van der Waals surface area contributed by atoms with Gasteiger partial charge >= 0.3 is 5.97 Å². The fourth-order valence-corrected chi connectivity index (χ4v) is 6.05. The van der Waals surface area contributed by atoms with E-state index in [1.165, 1.54) is 12.1 Å². The van der Waals surface area contributed by atoms with Crippen LogP contribution in [-0.4, -0.2) is 52.5 Å². The van der Waals surface area contributed by atoms with E-state index >= 15 is 0 Å². The summed E-state index contributed by atoms with van der Waals surface area (Å²) in [6.45, 7) is 3.85. The van der Waals surface area contributed by atoms with E-state index in [9.17, 15) is 22.8 Å². The summed E-state index contributed by atoms with van der Waals surface area (Å²) in [6, 6.07) is 19.6. The second-order valence-electron chi connectivity index (χ2n) is 9.79. The second kappa shape index (κ2) is 14.4. The van der Waals surface area contributed by atoms with Crippen LogP contribution in [0.3, 0.4) is 0 Å². The average Bonchev–Trinajstić information content (AvgIpc) is 2.94. The van der Waals surface area contributed by atoms with Crippen LogP contribution in [-0.2, 0) is 35.6 Å². The van der Waals surface area contributed by atoms with Crippen molar-refractivity contribution in [2.45, 2.75) is 37.2 Å². The molecule has 1 N–H and O–H groups in total. The van der Waals surface area contributed by atoms with Crippen molar-refractivity contribution in [2.24, 2.45) is 5.92 Å². The smallest absolute Gasteiger partial charge is 0.306 e. The highest BCUT2D eigenvalue weighted by Crippen LogP contribution is 2.31. The van der Waals surface area contributed by atoms with Gasteiger partial charge in [-0.25, -0.2) is 8.42 Å². The van der Waals surface area contributed by atoms with E-state index in [4.69, 9.17) is 4.74 Å². The SMILES string of the molecule is C=CC(=O)NCCCC[C@H](CC(=O)OCc1ccccc1)C(=O)CS(=O)(=O)c1cccc2c(N(C)C)cccc12.